The number of nitrogens with zero attached hydrogens (tertiary/aromatic N) is 2. The van der Waals surface area contributed by atoms with Gasteiger partial charge in [0.15, 0.2) is 0 Å². The minimum Gasteiger partial charge on any atom is -0.508 e. The Bertz CT molecular complexity index is 847. The highest BCUT2D eigenvalue weighted by molar-refractivity contribution is 6.03. The van der Waals surface area contributed by atoms with Crippen molar-refractivity contribution in [3.8, 4) is 17.2 Å². The molecular formula is C15H13N3O6. The number of carbonyl (C=O) groups is 1. The third-order valence-electron chi connectivity index (χ3n) is 3.13. The maximum Gasteiger partial charge on any atom is 0.275 e. The quantitative estimate of drug-likeness (QED) is 0.382. The minimum absolute atomic E-state index is 0.130. The largest absolute Gasteiger partial charge is 0.508 e. The van der Waals surface area contributed by atoms with E-state index >= 15 is 0 Å². The number of hydrogen-bond donors (Lipinski definition) is 4. The summed E-state index contributed by atoms with van der Waals surface area (Å²) < 4.78 is 0. The molecule has 0 saturated heterocycles. The van der Waals surface area contributed by atoms with Gasteiger partial charge in [-0.1, -0.05) is 0 Å². The number of hydrogen-bond acceptors (Lipinski definition) is 7. The average Bonchev–Trinajstić information content (AvgIpc) is 2.52. The number of nitrogens with one attached hydrogen (secondary N) is 1. The first kappa shape index (κ1) is 16.7. The average molecular weight is 331 g/mol. The zero-order valence-corrected chi connectivity index (χ0v) is 12.4. The number of phenolic OH excluding ortho intramolecular Hbond substituents is 3. The molecule has 9 heteroatoms. The van der Waals surface area contributed by atoms with E-state index in [0.29, 0.717) is 0 Å². The van der Waals surface area contributed by atoms with Crippen molar-refractivity contribution < 1.29 is 25.0 Å². The summed E-state index contributed by atoms with van der Waals surface area (Å²) in [4.78, 5) is 22.0. The van der Waals surface area contributed by atoms with Crippen molar-refractivity contribution in [1.82, 2.24) is 5.43 Å². The molecule has 0 spiro atoms. The first-order valence-corrected chi connectivity index (χ1v) is 6.64. The molecule has 0 heterocycles. The lowest BCUT2D eigenvalue weighted by Gasteiger charge is -2.06. The van der Waals surface area contributed by atoms with Gasteiger partial charge >= 0.3 is 0 Å². The number of carbonyl (C=O) groups excluding carboxylic acids is 1. The molecular weight excluding hydrogens is 318 g/mol. The molecule has 0 atom stereocenters. The van der Waals surface area contributed by atoms with Crippen molar-refractivity contribution in [1.29, 1.82) is 0 Å². The second kappa shape index (κ2) is 6.65. The highest BCUT2D eigenvalue weighted by Gasteiger charge is 2.16. The van der Waals surface area contributed by atoms with Crippen LogP contribution in [0.15, 0.2) is 41.5 Å². The monoisotopic (exact) mass is 331 g/mol. The second-order valence-corrected chi connectivity index (χ2v) is 4.80. The Kier molecular flexibility index (Phi) is 4.64. The summed E-state index contributed by atoms with van der Waals surface area (Å²) in [6.07, 6.45) is 0. The third kappa shape index (κ3) is 3.58. The molecule has 0 bridgehead atoms. The van der Waals surface area contributed by atoms with Gasteiger partial charge in [-0.15, -0.1) is 0 Å². The van der Waals surface area contributed by atoms with Gasteiger partial charge in [0, 0.05) is 23.8 Å². The lowest BCUT2D eigenvalue weighted by atomic mass is 10.1. The van der Waals surface area contributed by atoms with Crippen LogP contribution in [-0.4, -0.2) is 31.9 Å². The first-order valence-electron chi connectivity index (χ1n) is 6.64. The zero-order chi connectivity index (χ0) is 17.9. The summed E-state index contributed by atoms with van der Waals surface area (Å²) in [7, 11) is 0. The first-order chi connectivity index (χ1) is 11.3. The second-order valence-electron chi connectivity index (χ2n) is 4.80. The van der Waals surface area contributed by atoms with E-state index < -0.39 is 16.6 Å². The van der Waals surface area contributed by atoms with Gasteiger partial charge in [-0.25, -0.2) is 5.43 Å². The number of non-ortho nitro benzene ring substituents is 1. The molecule has 9 nitrogen and oxygen atoms in total. The number of aromatic hydroxyl groups is 3. The van der Waals surface area contributed by atoms with Gasteiger partial charge in [0.2, 0.25) is 0 Å². The van der Waals surface area contributed by atoms with Crippen molar-refractivity contribution in [2.45, 2.75) is 6.92 Å². The number of nitro groups is 1. The molecule has 24 heavy (non-hydrogen) atoms. The Morgan fingerprint density at radius 1 is 1.08 bits per heavy atom. The van der Waals surface area contributed by atoms with Gasteiger partial charge in [-0.3, -0.25) is 14.9 Å². The molecule has 0 aliphatic carbocycles. The zero-order valence-electron chi connectivity index (χ0n) is 12.4. The van der Waals surface area contributed by atoms with Crippen LogP contribution in [0, 0.1) is 10.1 Å². The van der Waals surface area contributed by atoms with E-state index in [1.807, 2.05) is 0 Å². The number of hydrazone groups is 1. The van der Waals surface area contributed by atoms with Crippen molar-refractivity contribution >= 4 is 17.3 Å². The van der Waals surface area contributed by atoms with Crippen LogP contribution >= 0.6 is 0 Å². The Morgan fingerprint density at radius 3 is 2.42 bits per heavy atom. The lowest BCUT2D eigenvalue weighted by molar-refractivity contribution is -0.384. The minimum atomic E-state index is -0.853. The molecule has 2 aromatic carbocycles. The lowest BCUT2D eigenvalue weighted by Crippen LogP contribution is -2.19. The molecule has 0 radical (unpaired) electrons. The highest BCUT2D eigenvalue weighted by atomic mass is 16.6. The summed E-state index contributed by atoms with van der Waals surface area (Å²) in [5, 5.41) is 43.1. The summed E-state index contributed by atoms with van der Waals surface area (Å²) in [6.45, 7) is 1.50. The van der Waals surface area contributed by atoms with Crippen LogP contribution in [-0.2, 0) is 0 Å². The molecule has 0 saturated carbocycles. The smallest absolute Gasteiger partial charge is 0.275 e. The summed E-state index contributed by atoms with van der Waals surface area (Å²) in [5.74, 6) is -1.65. The van der Waals surface area contributed by atoms with E-state index in [1.165, 1.54) is 19.1 Å². The van der Waals surface area contributed by atoms with E-state index in [1.54, 1.807) is 0 Å². The number of benzene rings is 2. The fraction of sp³-hybridized carbons (Fsp3) is 0.0667. The van der Waals surface area contributed by atoms with E-state index in [2.05, 4.69) is 10.5 Å². The molecule has 124 valence electrons. The van der Waals surface area contributed by atoms with E-state index in [0.717, 1.165) is 24.3 Å². The molecule has 2 rings (SSSR count). The highest BCUT2D eigenvalue weighted by Crippen LogP contribution is 2.24. The van der Waals surface area contributed by atoms with Crippen molar-refractivity contribution in [2.75, 3.05) is 0 Å². The number of rotatable bonds is 4. The van der Waals surface area contributed by atoms with E-state index in [-0.39, 0.29) is 34.0 Å². The van der Waals surface area contributed by atoms with Crippen LogP contribution in [0.5, 0.6) is 17.2 Å². The van der Waals surface area contributed by atoms with E-state index in [9.17, 15) is 30.2 Å². The standard InChI is InChI=1S/C15H13N3O6/c1-8(11-4-3-10(19)7-14(11)21)16-17-15(22)12-6-9(18(23)24)2-5-13(12)20/h2-7,19-21H,1H3,(H,17,22)/b16-8-. The molecule has 4 N–H and O–H groups in total. The number of amides is 1. The van der Waals surface area contributed by atoms with E-state index in [4.69, 9.17) is 0 Å². The molecule has 2 aromatic rings. The van der Waals surface area contributed by atoms with Crippen LogP contribution in [0.3, 0.4) is 0 Å². The predicted molar refractivity (Wildman–Crippen MR) is 84.2 cm³/mol. The topological polar surface area (TPSA) is 145 Å². The molecule has 0 aliphatic heterocycles. The maximum absolute atomic E-state index is 12.0. The molecule has 0 fully saturated rings. The maximum atomic E-state index is 12.0. The molecule has 1 amide bonds. The summed E-state index contributed by atoms with van der Waals surface area (Å²) in [6, 6.07) is 6.88. The number of phenols is 3. The van der Waals surface area contributed by atoms with Gasteiger partial charge in [-0.2, -0.15) is 5.10 Å². The van der Waals surface area contributed by atoms with Crippen molar-refractivity contribution in [3.63, 3.8) is 0 Å². The molecule has 0 unspecified atom stereocenters. The Hall–Kier alpha value is -3.62. The molecule has 0 aromatic heterocycles. The van der Waals surface area contributed by atoms with Crippen molar-refractivity contribution in [3.05, 3.63) is 57.6 Å². The van der Waals surface area contributed by atoms with Crippen LogP contribution in [0.4, 0.5) is 5.69 Å². The summed E-state index contributed by atoms with van der Waals surface area (Å²) >= 11 is 0. The fourth-order valence-electron chi connectivity index (χ4n) is 1.90. The predicted octanol–water partition coefficient (Wildman–Crippen LogP) is 1.87. The van der Waals surface area contributed by atoms with Gasteiger partial charge in [0.1, 0.15) is 17.2 Å². The van der Waals surface area contributed by atoms with Crippen molar-refractivity contribution in [2.24, 2.45) is 5.10 Å². The molecule has 0 aliphatic rings. The van der Waals surface area contributed by atoms with Crippen LogP contribution in [0.2, 0.25) is 0 Å². The van der Waals surface area contributed by atoms with Crippen LogP contribution < -0.4 is 5.43 Å². The van der Waals surface area contributed by atoms with Crippen LogP contribution in [0.1, 0.15) is 22.8 Å². The van der Waals surface area contributed by atoms with Gasteiger partial charge in [0.05, 0.1) is 16.2 Å². The Labute approximate surface area is 135 Å². The normalized spacial score (nSPS) is 11.1. The summed E-state index contributed by atoms with van der Waals surface area (Å²) in [5.41, 5.74) is 1.98. The Balaban J connectivity index is 2.23. The fourth-order valence-corrected chi connectivity index (χ4v) is 1.90. The van der Waals surface area contributed by atoms with Crippen LogP contribution in [0.25, 0.3) is 0 Å². The van der Waals surface area contributed by atoms with Gasteiger partial charge < -0.3 is 15.3 Å². The third-order valence-corrected chi connectivity index (χ3v) is 3.13. The number of nitro benzene ring substituents is 1. The Morgan fingerprint density at radius 2 is 1.79 bits per heavy atom. The van der Waals surface area contributed by atoms with Gasteiger partial charge in [0.25, 0.3) is 11.6 Å². The van der Waals surface area contributed by atoms with Gasteiger partial charge in [-0.05, 0) is 25.1 Å². The SMILES string of the molecule is C/C(=N/NC(=O)c1cc([N+](=O)[O-])ccc1O)c1ccc(O)cc1O.